The number of anilines is 1. The molecule has 2 aromatic carbocycles. The molecule has 0 aromatic heterocycles. The average molecular weight is 357 g/mol. The zero-order chi connectivity index (χ0) is 17.0. The van der Waals surface area contributed by atoms with E-state index in [2.05, 4.69) is 5.32 Å². The summed E-state index contributed by atoms with van der Waals surface area (Å²) in [6, 6.07) is 8.23. The molecule has 0 aliphatic heterocycles. The summed E-state index contributed by atoms with van der Waals surface area (Å²) in [4.78, 5) is 21.7. The molecule has 0 saturated heterocycles. The van der Waals surface area contributed by atoms with Gasteiger partial charge in [-0.1, -0.05) is 23.2 Å². The van der Waals surface area contributed by atoms with Crippen molar-refractivity contribution in [1.82, 2.24) is 0 Å². The van der Waals surface area contributed by atoms with Crippen LogP contribution < -0.4 is 5.32 Å². The fraction of sp³-hybridized carbons (Fsp3) is 0.0714. The maximum absolute atomic E-state index is 11.7. The molecule has 2 aromatic rings. The Morgan fingerprint density at radius 2 is 1.78 bits per heavy atom. The van der Waals surface area contributed by atoms with Crippen molar-refractivity contribution >= 4 is 40.7 Å². The first-order valence-corrected chi connectivity index (χ1v) is 6.97. The van der Waals surface area contributed by atoms with Crippen LogP contribution in [0.1, 0.15) is 5.56 Å². The van der Waals surface area contributed by atoms with Crippen LogP contribution in [0.2, 0.25) is 10.0 Å². The van der Waals surface area contributed by atoms with Crippen molar-refractivity contribution in [2.24, 2.45) is 0 Å². The van der Waals surface area contributed by atoms with Crippen LogP contribution in [0, 0.1) is 10.1 Å². The number of non-ortho nitro benzene ring substituents is 1. The van der Waals surface area contributed by atoms with E-state index in [0.717, 1.165) is 0 Å². The molecule has 0 unspecified atom stereocenters. The second-order valence-electron chi connectivity index (χ2n) is 4.41. The molecule has 9 heteroatoms. The standard InChI is InChI=1S/C14H10Cl2N2O5/c15-11-5-9(6-12(16)13(11)19)17-14(20)23-7-8-1-3-10(4-2-8)18(21)22/h1-6,19H,7H2,(H,17,20). The third-order valence-corrected chi connectivity index (χ3v) is 3.36. The van der Waals surface area contributed by atoms with Crippen LogP contribution in [0.4, 0.5) is 16.2 Å². The minimum Gasteiger partial charge on any atom is -0.505 e. The number of ether oxygens (including phenoxy) is 1. The van der Waals surface area contributed by atoms with Crippen molar-refractivity contribution in [3.05, 3.63) is 62.1 Å². The van der Waals surface area contributed by atoms with Gasteiger partial charge in [0.2, 0.25) is 0 Å². The van der Waals surface area contributed by atoms with Gasteiger partial charge in [-0.2, -0.15) is 0 Å². The molecule has 23 heavy (non-hydrogen) atoms. The Balaban J connectivity index is 1.93. The van der Waals surface area contributed by atoms with Crippen molar-refractivity contribution in [3.63, 3.8) is 0 Å². The first kappa shape index (κ1) is 16.9. The highest BCUT2D eigenvalue weighted by molar-refractivity contribution is 6.37. The molecule has 0 fully saturated rings. The Bertz CT molecular complexity index is 726. The number of nitrogens with zero attached hydrogens (tertiary/aromatic N) is 1. The highest BCUT2D eigenvalue weighted by Gasteiger charge is 2.10. The largest absolute Gasteiger partial charge is 0.505 e. The number of aromatic hydroxyl groups is 1. The number of hydrogen-bond donors (Lipinski definition) is 2. The highest BCUT2D eigenvalue weighted by Crippen LogP contribution is 2.34. The molecular weight excluding hydrogens is 347 g/mol. The molecule has 0 radical (unpaired) electrons. The van der Waals surface area contributed by atoms with E-state index in [4.69, 9.17) is 27.9 Å². The Morgan fingerprint density at radius 1 is 1.22 bits per heavy atom. The number of hydrogen-bond acceptors (Lipinski definition) is 5. The van der Waals surface area contributed by atoms with Crippen LogP contribution in [0.5, 0.6) is 5.75 Å². The van der Waals surface area contributed by atoms with Gasteiger partial charge in [-0.25, -0.2) is 4.79 Å². The molecule has 0 saturated carbocycles. The lowest BCUT2D eigenvalue weighted by atomic mass is 10.2. The van der Waals surface area contributed by atoms with Gasteiger partial charge in [0, 0.05) is 17.8 Å². The van der Waals surface area contributed by atoms with Crippen molar-refractivity contribution in [2.45, 2.75) is 6.61 Å². The van der Waals surface area contributed by atoms with Crippen LogP contribution in [0.15, 0.2) is 36.4 Å². The molecule has 120 valence electrons. The van der Waals surface area contributed by atoms with Crippen LogP contribution in [-0.4, -0.2) is 16.1 Å². The topological polar surface area (TPSA) is 102 Å². The number of nitro benzene ring substituents is 1. The predicted octanol–water partition coefficient (Wildman–Crippen LogP) is 4.36. The summed E-state index contributed by atoms with van der Waals surface area (Å²) in [6.45, 7) is -0.0661. The lowest BCUT2D eigenvalue weighted by molar-refractivity contribution is -0.384. The number of phenolic OH excluding ortho intramolecular Hbond substituents is 1. The molecule has 1 amide bonds. The quantitative estimate of drug-likeness (QED) is 0.481. The summed E-state index contributed by atoms with van der Waals surface area (Å²) in [5, 5.41) is 22.3. The van der Waals surface area contributed by atoms with Crippen molar-refractivity contribution in [2.75, 3.05) is 5.32 Å². The first-order chi connectivity index (χ1) is 10.9. The van der Waals surface area contributed by atoms with E-state index in [1.165, 1.54) is 36.4 Å². The lowest BCUT2D eigenvalue weighted by Crippen LogP contribution is -2.13. The number of halogens is 2. The second-order valence-corrected chi connectivity index (χ2v) is 5.23. The van der Waals surface area contributed by atoms with E-state index in [-0.39, 0.29) is 33.8 Å². The normalized spacial score (nSPS) is 10.2. The predicted molar refractivity (Wildman–Crippen MR) is 85.0 cm³/mol. The fourth-order valence-corrected chi connectivity index (χ4v) is 2.14. The van der Waals surface area contributed by atoms with Gasteiger partial charge in [-0.3, -0.25) is 15.4 Å². The first-order valence-electron chi connectivity index (χ1n) is 6.22. The van der Waals surface area contributed by atoms with Gasteiger partial charge < -0.3 is 9.84 Å². The maximum atomic E-state index is 11.7. The summed E-state index contributed by atoms with van der Waals surface area (Å²) in [6.07, 6.45) is -0.763. The number of phenols is 1. The molecule has 2 rings (SSSR count). The fourth-order valence-electron chi connectivity index (χ4n) is 1.65. The summed E-state index contributed by atoms with van der Waals surface area (Å²) in [7, 11) is 0. The average Bonchev–Trinajstić information content (AvgIpc) is 2.51. The molecule has 0 heterocycles. The van der Waals surface area contributed by atoms with Gasteiger partial charge >= 0.3 is 6.09 Å². The van der Waals surface area contributed by atoms with Crippen LogP contribution in [0.3, 0.4) is 0 Å². The van der Waals surface area contributed by atoms with Crippen molar-refractivity contribution < 1.29 is 19.6 Å². The Labute approximate surface area is 140 Å². The van der Waals surface area contributed by atoms with Gasteiger partial charge in [0.15, 0.2) is 5.75 Å². The van der Waals surface area contributed by atoms with E-state index >= 15 is 0 Å². The number of benzene rings is 2. The molecular formula is C14H10Cl2N2O5. The number of carbonyl (C=O) groups is 1. The SMILES string of the molecule is O=C(Nc1cc(Cl)c(O)c(Cl)c1)OCc1ccc([N+](=O)[O-])cc1. The summed E-state index contributed by atoms with van der Waals surface area (Å²) in [5.74, 6) is -0.280. The van der Waals surface area contributed by atoms with Gasteiger partial charge in [-0.05, 0) is 29.8 Å². The molecule has 0 spiro atoms. The minimum absolute atomic E-state index is 0.0110. The minimum atomic E-state index is -0.763. The van der Waals surface area contributed by atoms with E-state index in [1.54, 1.807) is 0 Å². The number of carbonyl (C=O) groups excluding carboxylic acids is 1. The van der Waals surface area contributed by atoms with E-state index in [0.29, 0.717) is 5.56 Å². The third kappa shape index (κ3) is 4.48. The summed E-state index contributed by atoms with van der Waals surface area (Å²) in [5.41, 5.74) is 0.797. The van der Waals surface area contributed by atoms with Crippen LogP contribution in [-0.2, 0) is 11.3 Å². The van der Waals surface area contributed by atoms with Gasteiger partial charge in [0.1, 0.15) is 6.61 Å². The van der Waals surface area contributed by atoms with Gasteiger partial charge in [0.25, 0.3) is 5.69 Å². The van der Waals surface area contributed by atoms with Crippen molar-refractivity contribution in [1.29, 1.82) is 0 Å². The van der Waals surface area contributed by atoms with Gasteiger partial charge in [-0.15, -0.1) is 0 Å². The third-order valence-electron chi connectivity index (χ3n) is 2.78. The number of rotatable bonds is 4. The highest BCUT2D eigenvalue weighted by atomic mass is 35.5. The molecule has 7 nitrogen and oxygen atoms in total. The van der Waals surface area contributed by atoms with Gasteiger partial charge in [0.05, 0.1) is 15.0 Å². The zero-order valence-corrected chi connectivity index (χ0v) is 13.0. The van der Waals surface area contributed by atoms with E-state index in [9.17, 15) is 20.0 Å². The molecule has 0 bridgehead atoms. The molecule has 0 aliphatic rings. The summed E-state index contributed by atoms with van der Waals surface area (Å²) >= 11 is 11.5. The number of nitro groups is 1. The Hall–Kier alpha value is -2.51. The zero-order valence-electron chi connectivity index (χ0n) is 11.5. The van der Waals surface area contributed by atoms with E-state index in [1.807, 2.05) is 0 Å². The van der Waals surface area contributed by atoms with E-state index < -0.39 is 11.0 Å². The maximum Gasteiger partial charge on any atom is 0.411 e. The number of nitrogens with one attached hydrogen (secondary N) is 1. The Kier molecular flexibility index (Phi) is 5.25. The Morgan fingerprint density at radius 3 is 2.30 bits per heavy atom. The monoisotopic (exact) mass is 356 g/mol. The second kappa shape index (κ2) is 7.17. The van der Waals surface area contributed by atoms with Crippen LogP contribution in [0.25, 0.3) is 0 Å². The molecule has 2 N–H and O–H groups in total. The number of amides is 1. The lowest BCUT2D eigenvalue weighted by Gasteiger charge is -2.09. The smallest absolute Gasteiger partial charge is 0.411 e. The summed E-state index contributed by atoms with van der Waals surface area (Å²) < 4.78 is 4.97. The molecule has 0 atom stereocenters. The van der Waals surface area contributed by atoms with Crippen molar-refractivity contribution in [3.8, 4) is 5.75 Å². The van der Waals surface area contributed by atoms with Crippen LogP contribution >= 0.6 is 23.2 Å². The molecule has 0 aliphatic carbocycles.